The number of amides is 1. The van der Waals surface area contributed by atoms with E-state index in [4.69, 9.17) is 23.2 Å². The molecule has 1 aromatic rings. The second-order valence-corrected chi connectivity index (χ2v) is 5.69. The van der Waals surface area contributed by atoms with Gasteiger partial charge in [-0.05, 0) is 49.6 Å². The zero-order valence-electron chi connectivity index (χ0n) is 10.7. The molecule has 1 aliphatic rings. The Labute approximate surface area is 123 Å². The minimum Gasteiger partial charge on any atom is -0.354 e. The van der Waals surface area contributed by atoms with Gasteiger partial charge < -0.3 is 10.6 Å². The first-order chi connectivity index (χ1) is 9.15. The van der Waals surface area contributed by atoms with Gasteiger partial charge in [-0.25, -0.2) is 0 Å². The summed E-state index contributed by atoms with van der Waals surface area (Å²) in [5.74, 6) is 0.0906. The van der Waals surface area contributed by atoms with E-state index < -0.39 is 0 Å². The van der Waals surface area contributed by atoms with Crippen molar-refractivity contribution >= 4 is 29.1 Å². The van der Waals surface area contributed by atoms with E-state index in [0.29, 0.717) is 16.6 Å². The molecule has 1 aliphatic heterocycles. The third-order valence-corrected chi connectivity index (χ3v) is 3.70. The van der Waals surface area contributed by atoms with Gasteiger partial charge in [0.2, 0.25) is 5.91 Å². The quantitative estimate of drug-likeness (QED) is 0.898. The number of rotatable bonds is 4. The topological polar surface area (TPSA) is 41.1 Å². The molecule has 1 unspecified atom stereocenters. The van der Waals surface area contributed by atoms with E-state index in [1.54, 1.807) is 6.07 Å². The Balaban J connectivity index is 1.77. The largest absolute Gasteiger partial charge is 0.354 e. The maximum atomic E-state index is 11.9. The van der Waals surface area contributed by atoms with Crippen molar-refractivity contribution in [3.8, 4) is 0 Å². The smallest absolute Gasteiger partial charge is 0.237 e. The highest BCUT2D eigenvalue weighted by Crippen LogP contribution is 2.19. The minimum atomic E-state index is -0.0308. The first kappa shape index (κ1) is 14.6. The first-order valence-corrected chi connectivity index (χ1v) is 7.37. The van der Waals surface area contributed by atoms with E-state index >= 15 is 0 Å². The summed E-state index contributed by atoms with van der Waals surface area (Å²) in [6, 6.07) is 5.42. The number of hydrogen-bond acceptors (Lipinski definition) is 2. The van der Waals surface area contributed by atoms with Crippen LogP contribution in [0.5, 0.6) is 0 Å². The van der Waals surface area contributed by atoms with E-state index in [9.17, 15) is 4.79 Å². The van der Waals surface area contributed by atoms with Crippen LogP contribution in [0.1, 0.15) is 24.8 Å². The van der Waals surface area contributed by atoms with Crippen LogP contribution in [0.4, 0.5) is 0 Å². The lowest BCUT2D eigenvalue weighted by Crippen LogP contribution is -2.47. The lowest BCUT2D eigenvalue weighted by atomic mass is 10.0. The molecular formula is C14H18Cl2N2O. The van der Waals surface area contributed by atoms with Gasteiger partial charge in [-0.15, -0.1) is 0 Å². The highest BCUT2D eigenvalue weighted by molar-refractivity contribution is 6.34. The Morgan fingerprint density at radius 2 is 2.00 bits per heavy atom. The fourth-order valence-corrected chi connectivity index (χ4v) is 2.86. The molecule has 3 nitrogen and oxygen atoms in total. The number of carbonyl (C=O) groups excluding carboxylic acids is 1. The summed E-state index contributed by atoms with van der Waals surface area (Å²) in [4.78, 5) is 11.9. The van der Waals surface area contributed by atoms with Gasteiger partial charge in [0, 0.05) is 16.6 Å². The fourth-order valence-electron chi connectivity index (χ4n) is 2.28. The van der Waals surface area contributed by atoms with Gasteiger partial charge >= 0.3 is 0 Å². The predicted molar refractivity (Wildman–Crippen MR) is 78.8 cm³/mol. The van der Waals surface area contributed by atoms with Gasteiger partial charge in [0.15, 0.2) is 0 Å². The molecule has 0 aromatic heterocycles. The maximum absolute atomic E-state index is 11.9. The van der Waals surface area contributed by atoms with Crippen molar-refractivity contribution in [1.29, 1.82) is 0 Å². The third kappa shape index (κ3) is 4.68. The number of benzene rings is 1. The van der Waals surface area contributed by atoms with E-state index in [-0.39, 0.29) is 11.9 Å². The molecule has 2 rings (SSSR count). The van der Waals surface area contributed by atoms with Gasteiger partial charge in [0.25, 0.3) is 0 Å². The molecule has 1 heterocycles. The molecule has 0 bridgehead atoms. The highest BCUT2D eigenvalue weighted by atomic mass is 35.5. The average molecular weight is 301 g/mol. The van der Waals surface area contributed by atoms with Crippen molar-refractivity contribution in [3.05, 3.63) is 33.8 Å². The summed E-state index contributed by atoms with van der Waals surface area (Å²) in [6.45, 7) is 1.54. The Morgan fingerprint density at radius 1 is 1.26 bits per heavy atom. The van der Waals surface area contributed by atoms with Gasteiger partial charge in [0.05, 0.1) is 6.04 Å². The van der Waals surface area contributed by atoms with Crippen LogP contribution in [0.15, 0.2) is 18.2 Å². The van der Waals surface area contributed by atoms with Crippen LogP contribution < -0.4 is 10.6 Å². The maximum Gasteiger partial charge on any atom is 0.237 e. The average Bonchev–Trinajstić information content (AvgIpc) is 2.38. The van der Waals surface area contributed by atoms with Crippen LogP contribution in [0.3, 0.4) is 0 Å². The zero-order valence-corrected chi connectivity index (χ0v) is 12.2. The number of nitrogens with one attached hydrogen (secondary N) is 2. The number of carbonyl (C=O) groups is 1. The van der Waals surface area contributed by atoms with Crippen molar-refractivity contribution in [3.63, 3.8) is 0 Å². The highest BCUT2D eigenvalue weighted by Gasteiger charge is 2.19. The fraction of sp³-hybridized carbons (Fsp3) is 0.500. The summed E-state index contributed by atoms with van der Waals surface area (Å²) in [5.41, 5.74) is 1.04. The normalized spacial score (nSPS) is 19.2. The predicted octanol–water partition coefficient (Wildman–Crippen LogP) is 2.79. The molecule has 2 N–H and O–H groups in total. The minimum absolute atomic E-state index is 0.0308. The number of halogens is 2. The molecule has 0 spiro atoms. The van der Waals surface area contributed by atoms with Crippen molar-refractivity contribution in [2.45, 2.75) is 31.7 Å². The Bertz CT molecular complexity index is 425. The molecule has 1 atom stereocenters. The first-order valence-electron chi connectivity index (χ1n) is 6.61. The molecular weight excluding hydrogens is 283 g/mol. The van der Waals surface area contributed by atoms with Crippen LogP contribution in [0, 0.1) is 0 Å². The molecule has 1 saturated heterocycles. The monoisotopic (exact) mass is 300 g/mol. The van der Waals surface area contributed by atoms with E-state index in [2.05, 4.69) is 10.6 Å². The molecule has 0 radical (unpaired) electrons. The van der Waals surface area contributed by atoms with Crippen molar-refractivity contribution in [1.82, 2.24) is 10.6 Å². The van der Waals surface area contributed by atoms with Gasteiger partial charge in [0.1, 0.15) is 0 Å². The number of piperidine rings is 1. The second-order valence-electron chi connectivity index (χ2n) is 4.82. The summed E-state index contributed by atoms with van der Waals surface area (Å²) < 4.78 is 0. The van der Waals surface area contributed by atoms with Gasteiger partial charge in [-0.2, -0.15) is 0 Å². The molecule has 0 saturated carbocycles. The Hall–Kier alpha value is -0.770. The number of hydrogen-bond donors (Lipinski definition) is 2. The molecule has 1 fully saturated rings. The third-order valence-electron chi connectivity index (χ3n) is 3.26. The van der Waals surface area contributed by atoms with Crippen molar-refractivity contribution < 1.29 is 4.79 Å². The van der Waals surface area contributed by atoms with Gasteiger partial charge in [-0.1, -0.05) is 29.6 Å². The van der Waals surface area contributed by atoms with Crippen molar-refractivity contribution in [2.24, 2.45) is 0 Å². The van der Waals surface area contributed by atoms with E-state index in [0.717, 1.165) is 37.8 Å². The van der Waals surface area contributed by atoms with E-state index in [1.807, 2.05) is 12.1 Å². The standard InChI is InChI=1S/C14H18Cl2N2O/c15-11-7-10(8-12(16)9-11)4-6-18-14(19)13-3-1-2-5-17-13/h7-9,13,17H,1-6H2,(H,18,19). The summed E-state index contributed by atoms with van der Waals surface area (Å²) in [6.07, 6.45) is 3.94. The van der Waals surface area contributed by atoms with Crippen molar-refractivity contribution in [2.75, 3.05) is 13.1 Å². The molecule has 1 amide bonds. The summed E-state index contributed by atoms with van der Waals surface area (Å²) in [5, 5.41) is 7.44. The van der Waals surface area contributed by atoms with Crippen LogP contribution in [0.2, 0.25) is 10.0 Å². The van der Waals surface area contributed by atoms with Crippen LogP contribution in [-0.4, -0.2) is 25.0 Å². The molecule has 0 aliphatic carbocycles. The van der Waals surface area contributed by atoms with Crippen LogP contribution >= 0.6 is 23.2 Å². The zero-order chi connectivity index (χ0) is 13.7. The van der Waals surface area contributed by atoms with Gasteiger partial charge in [-0.3, -0.25) is 4.79 Å². The lowest BCUT2D eigenvalue weighted by Gasteiger charge is -2.22. The molecule has 104 valence electrons. The SMILES string of the molecule is O=C(NCCc1cc(Cl)cc(Cl)c1)C1CCCCN1. The van der Waals surface area contributed by atoms with Crippen LogP contribution in [-0.2, 0) is 11.2 Å². The Kier molecular flexibility index (Phi) is 5.49. The second kappa shape index (κ2) is 7.13. The lowest BCUT2D eigenvalue weighted by molar-refractivity contribution is -0.123. The molecule has 5 heteroatoms. The Morgan fingerprint density at radius 3 is 2.63 bits per heavy atom. The summed E-state index contributed by atoms with van der Waals surface area (Å²) in [7, 11) is 0. The molecule has 1 aromatic carbocycles. The van der Waals surface area contributed by atoms with E-state index in [1.165, 1.54) is 0 Å². The van der Waals surface area contributed by atoms with Crippen LogP contribution in [0.25, 0.3) is 0 Å². The summed E-state index contributed by atoms with van der Waals surface area (Å²) >= 11 is 11.9. The molecule has 19 heavy (non-hydrogen) atoms.